The van der Waals surface area contributed by atoms with E-state index in [1.807, 2.05) is 27.7 Å². The standard InChI is InChI=1S/C14H31N3O2S/c1-5-11-17(20(18,19)16-13(2,3)4)14(12-15)9-7-6-8-10-14/h16H,5-12,15H2,1-4H3. The Morgan fingerprint density at radius 1 is 1.20 bits per heavy atom. The first-order valence-corrected chi connectivity index (χ1v) is 9.13. The van der Waals surface area contributed by atoms with Crippen molar-refractivity contribution in [2.75, 3.05) is 13.1 Å². The summed E-state index contributed by atoms with van der Waals surface area (Å²) in [6.07, 6.45) is 5.83. The highest BCUT2D eigenvalue weighted by Gasteiger charge is 2.43. The Labute approximate surface area is 124 Å². The van der Waals surface area contributed by atoms with E-state index >= 15 is 0 Å². The first-order chi connectivity index (χ1) is 9.17. The van der Waals surface area contributed by atoms with Gasteiger partial charge >= 0.3 is 0 Å². The molecule has 0 saturated heterocycles. The summed E-state index contributed by atoms with van der Waals surface area (Å²) in [6, 6.07) is 0. The maximum absolute atomic E-state index is 12.8. The molecule has 0 aromatic heterocycles. The highest BCUT2D eigenvalue weighted by Crippen LogP contribution is 2.35. The summed E-state index contributed by atoms with van der Waals surface area (Å²) in [5, 5.41) is 0. The molecule has 20 heavy (non-hydrogen) atoms. The number of nitrogens with one attached hydrogen (secondary N) is 1. The van der Waals surface area contributed by atoms with E-state index in [0.29, 0.717) is 13.1 Å². The van der Waals surface area contributed by atoms with Crippen LogP contribution in [0.15, 0.2) is 0 Å². The molecule has 0 bridgehead atoms. The minimum absolute atomic E-state index is 0.397. The number of nitrogens with zero attached hydrogens (tertiary/aromatic N) is 1. The normalized spacial score (nSPS) is 20.3. The second-order valence-electron chi connectivity index (χ2n) is 6.92. The lowest BCUT2D eigenvalue weighted by molar-refractivity contribution is 0.133. The Balaban J connectivity index is 3.08. The zero-order chi connectivity index (χ0) is 15.4. The second-order valence-corrected chi connectivity index (χ2v) is 8.51. The highest BCUT2D eigenvalue weighted by molar-refractivity contribution is 7.87. The Bertz CT molecular complexity index is 395. The highest BCUT2D eigenvalue weighted by atomic mass is 32.2. The number of rotatable bonds is 6. The largest absolute Gasteiger partial charge is 0.329 e. The van der Waals surface area contributed by atoms with E-state index in [1.165, 1.54) is 6.42 Å². The molecule has 120 valence electrons. The van der Waals surface area contributed by atoms with Crippen LogP contribution in [0, 0.1) is 0 Å². The molecule has 1 fully saturated rings. The van der Waals surface area contributed by atoms with Crippen LogP contribution < -0.4 is 10.5 Å². The van der Waals surface area contributed by atoms with E-state index in [0.717, 1.165) is 32.1 Å². The van der Waals surface area contributed by atoms with Gasteiger partial charge in [0.05, 0.1) is 0 Å². The Hall–Kier alpha value is -0.170. The van der Waals surface area contributed by atoms with Gasteiger partial charge in [-0.2, -0.15) is 17.4 Å². The van der Waals surface area contributed by atoms with Gasteiger partial charge < -0.3 is 5.73 Å². The van der Waals surface area contributed by atoms with E-state index < -0.39 is 21.3 Å². The molecule has 0 heterocycles. The van der Waals surface area contributed by atoms with E-state index in [4.69, 9.17) is 5.73 Å². The van der Waals surface area contributed by atoms with Crippen molar-refractivity contribution in [2.45, 2.75) is 77.3 Å². The average molecular weight is 305 g/mol. The van der Waals surface area contributed by atoms with Gasteiger partial charge in [0.2, 0.25) is 0 Å². The fourth-order valence-electron chi connectivity index (χ4n) is 3.02. The van der Waals surface area contributed by atoms with E-state index in [-0.39, 0.29) is 0 Å². The van der Waals surface area contributed by atoms with Gasteiger partial charge in [0.15, 0.2) is 0 Å². The molecule has 1 saturated carbocycles. The first-order valence-electron chi connectivity index (χ1n) is 7.69. The van der Waals surface area contributed by atoms with Crippen molar-refractivity contribution >= 4 is 10.2 Å². The Morgan fingerprint density at radius 2 is 1.75 bits per heavy atom. The summed E-state index contributed by atoms with van der Waals surface area (Å²) in [6.45, 7) is 8.54. The number of hydrogen-bond acceptors (Lipinski definition) is 3. The molecule has 0 amide bonds. The van der Waals surface area contributed by atoms with Crippen LogP contribution in [0.25, 0.3) is 0 Å². The van der Waals surface area contributed by atoms with Gasteiger partial charge in [0.1, 0.15) is 0 Å². The predicted octanol–water partition coefficient (Wildman–Crippen LogP) is 1.99. The number of hydrogen-bond donors (Lipinski definition) is 2. The third-order valence-electron chi connectivity index (χ3n) is 3.85. The minimum atomic E-state index is -3.51. The van der Waals surface area contributed by atoms with Crippen LogP contribution in [-0.4, -0.2) is 36.9 Å². The van der Waals surface area contributed by atoms with Gasteiger partial charge in [-0.1, -0.05) is 26.2 Å². The summed E-state index contributed by atoms with van der Waals surface area (Å²) in [5.41, 5.74) is 5.12. The quantitative estimate of drug-likeness (QED) is 0.788. The zero-order valence-corrected chi connectivity index (χ0v) is 14.2. The lowest BCUT2D eigenvalue weighted by atomic mass is 9.81. The fourth-order valence-corrected chi connectivity index (χ4v) is 5.10. The van der Waals surface area contributed by atoms with Gasteiger partial charge in [-0.3, -0.25) is 0 Å². The molecule has 0 unspecified atom stereocenters. The van der Waals surface area contributed by atoms with Gasteiger partial charge in [0, 0.05) is 24.2 Å². The second kappa shape index (κ2) is 6.73. The molecule has 6 heteroatoms. The molecule has 0 atom stereocenters. The van der Waals surface area contributed by atoms with E-state index in [2.05, 4.69) is 4.72 Å². The maximum Gasteiger partial charge on any atom is 0.280 e. The summed E-state index contributed by atoms with van der Waals surface area (Å²) >= 11 is 0. The molecule has 0 aromatic carbocycles. The van der Waals surface area contributed by atoms with Gasteiger partial charge in [-0.25, -0.2) is 0 Å². The summed E-state index contributed by atoms with van der Waals surface area (Å²) in [7, 11) is -3.51. The molecule has 1 aliphatic rings. The van der Waals surface area contributed by atoms with Crippen molar-refractivity contribution in [1.29, 1.82) is 0 Å². The lowest BCUT2D eigenvalue weighted by Gasteiger charge is -2.45. The topological polar surface area (TPSA) is 75.4 Å². The van der Waals surface area contributed by atoms with Crippen molar-refractivity contribution in [1.82, 2.24) is 9.03 Å². The summed E-state index contributed by atoms with van der Waals surface area (Å²) < 4.78 is 29.9. The van der Waals surface area contributed by atoms with Crippen molar-refractivity contribution < 1.29 is 8.42 Å². The number of nitrogens with two attached hydrogens (primary N) is 1. The van der Waals surface area contributed by atoms with Crippen molar-refractivity contribution in [3.63, 3.8) is 0 Å². The molecule has 0 aliphatic heterocycles. The molecular formula is C14H31N3O2S. The van der Waals surface area contributed by atoms with Crippen LogP contribution in [-0.2, 0) is 10.2 Å². The molecule has 0 spiro atoms. The Kier molecular flexibility index (Phi) is 6.01. The SMILES string of the molecule is CCCN(C1(CN)CCCCC1)S(=O)(=O)NC(C)(C)C. The van der Waals surface area contributed by atoms with Gasteiger partial charge in [-0.15, -0.1) is 0 Å². The lowest BCUT2D eigenvalue weighted by Crippen LogP contribution is -2.61. The Morgan fingerprint density at radius 3 is 2.15 bits per heavy atom. The van der Waals surface area contributed by atoms with E-state index in [9.17, 15) is 8.42 Å². The summed E-state index contributed by atoms with van der Waals surface area (Å²) in [4.78, 5) is 0. The third kappa shape index (κ3) is 4.41. The van der Waals surface area contributed by atoms with Gasteiger partial charge in [-0.05, 0) is 40.0 Å². The van der Waals surface area contributed by atoms with Crippen molar-refractivity contribution in [3.05, 3.63) is 0 Å². The molecule has 5 nitrogen and oxygen atoms in total. The van der Waals surface area contributed by atoms with Crippen LogP contribution in [0.4, 0.5) is 0 Å². The zero-order valence-electron chi connectivity index (χ0n) is 13.4. The molecule has 3 N–H and O–H groups in total. The van der Waals surface area contributed by atoms with Crippen LogP contribution in [0.1, 0.15) is 66.2 Å². The van der Waals surface area contributed by atoms with Crippen LogP contribution in [0.2, 0.25) is 0 Å². The van der Waals surface area contributed by atoms with Crippen molar-refractivity contribution in [3.8, 4) is 0 Å². The maximum atomic E-state index is 12.8. The summed E-state index contributed by atoms with van der Waals surface area (Å²) in [5.74, 6) is 0. The smallest absolute Gasteiger partial charge is 0.280 e. The fraction of sp³-hybridized carbons (Fsp3) is 1.00. The van der Waals surface area contributed by atoms with Gasteiger partial charge in [0.25, 0.3) is 10.2 Å². The van der Waals surface area contributed by atoms with Crippen molar-refractivity contribution in [2.24, 2.45) is 5.73 Å². The minimum Gasteiger partial charge on any atom is -0.329 e. The first kappa shape index (κ1) is 17.9. The molecule has 0 aromatic rings. The predicted molar refractivity (Wildman–Crippen MR) is 83.7 cm³/mol. The third-order valence-corrected chi connectivity index (χ3v) is 5.87. The molecule has 1 aliphatic carbocycles. The van der Waals surface area contributed by atoms with Crippen LogP contribution in [0.3, 0.4) is 0 Å². The molecule has 1 rings (SSSR count). The van der Waals surface area contributed by atoms with E-state index in [1.54, 1.807) is 4.31 Å². The van der Waals surface area contributed by atoms with Crippen LogP contribution >= 0.6 is 0 Å². The molecular weight excluding hydrogens is 274 g/mol. The monoisotopic (exact) mass is 305 g/mol. The molecule has 0 radical (unpaired) electrons. The average Bonchev–Trinajstić information content (AvgIpc) is 2.33. The van der Waals surface area contributed by atoms with Crippen LogP contribution in [0.5, 0.6) is 0 Å².